The Morgan fingerprint density at radius 1 is 1.09 bits per heavy atom. The molecule has 0 heterocycles. The van der Waals surface area contributed by atoms with Crippen LogP contribution in [0.5, 0.6) is 0 Å². The quantitative estimate of drug-likeness (QED) is 0.671. The van der Waals surface area contributed by atoms with Crippen LogP contribution in [-0.2, 0) is 11.0 Å². The van der Waals surface area contributed by atoms with Gasteiger partial charge in [0.05, 0.1) is 11.8 Å². The Balaban J connectivity index is 2.07. The molecule has 0 saturated heterocycles. The molecule has 7 heteroatoms. The molecule has 0 spiro atoms. The molecule has 23 heavy (non-hydrogen) atoms. The smallest absolute Gasteiger partial charge is 0.378 e. The van der Waals surface area contributed by atoms with E-state index in [9.17, 15) is 23.1 Å². The minimum Gasteiger partial charge on any atom is -0.378 e. The van der Waals surface area contributed by atoms with Gasteiger partial charge in [0.25, 0.3) is 5.91 Å². The van der Waals surface area contributed by atoms with Crippen LogP contribution in [0.1, 0.15) is 22.8 Å². The molecule has 2 aromatic carbocycles. The fourth-order valence-electron chi connectivity index (χ4n) is 1.88. The van der Waals surface area contributed by atoms with Crippen LogP contribution in [0.15, 0.2) is 59.7 Å². The number of hydrazone groups is 1. The zero-order valence-electron chi connectivity index (χ0n) is 11.8. The highest BCUT2D eigenvalue weighted by atomic mass is 19.4. The van der Waals surface area contributed by atoms with Crippen molar-refractivity contribution in [1.82, 2.24) is 5.43 Å². The third-order valence-electron chi connectivity index (χ3n) is 3.01. The highest BCUT2D eigenvalue weighted by molar-refractivity contribution is 5.86. The molecule has 120 valence electrons. The summed E-state index contributed by atoms with van der Waals surface area (Å²) in [6.07, 6.45) is -5.08. The lowest BCUT2D eigenvalue weighted by Gasteiger charge is -2.10. The van der Waals surface area contributed by atoms with Crippen LogP contribution in [0, 0.1) is 0 Å². The van der Waals surface area contributed by atoms with Crippen molar-refractivity contribution in [3.63, 3.8) is 0 Å². The summed E-state index contributed by atoms with van der Waals surface area (Å²) in [4.78, 5) is 11.7. The summed E-state index contributed by atoms with van der Waals surface area (Å²) in [5.74, 6) is -0.836. The molecule has 0 radical (unpaired) electrons. The number of hydrogen-bond donors (Lipinski definition) is 2. The Morgan fingerprint density at radius 2 is 1.70 bits per heavy atom. The maximum atomic E-state index is 12.8. The zero-order chi connectivity index (χ0) is 16.9. The summed E-state index contributed by atoms with van der Waals surface area (Å²) in [6, 6.07) is 13.0. The first-order valence-corrected chi connectivity index (χ1v) is 6.62. The number of carbonyl (C=O) groups excluding carboxylic acids is 1. The van der Waals surface area contributed by atoms with Gasteiger partial charge in [-0.15, -0.1) is 0 Å². The molecule has 2 aromatic rings. The SMILES string of the molecule is O=C(N/N=C/c1ccccc1C(F)(F)F)C(O)c1ccccc1. The van der Waals surface area contributed by atoms with Crippen molar-refractivity contribution >= 4 is 12.1 Å². The number of nitrogens with zero attached hydrogens (tertiary/aromatic N) is 1. The van der Waals surface area contributed by atoms with Crippen LogP contribution in [0.2, 0.25) is 0 Å². The van der Waals surface area contributed by atoms with Crippen LogP contribution in [0.4, 0.5) is 13.2 Å². The summed E-state index contributed by atoms with van der Waals surface area (Å²) in [5.41, 5.74) is 1.33. The Morgan fingerprint density at radius 3 is 2.35 bits per heavy atom. The number of rotatable bonds is 4. The van der Waals surface area contributed by atoms with Crippen molar-refractivity contribution in [3.8, 4) is 0 Å². The molecule has 1 unspecified atom stereocenters. The second-order valence-electron chi connectivity index (χ2n) is 4.63. The molecule has 0 aromatic heterocycles. The largest absolute Gasteiger partial charge is 0.417 e. The summed E-state index contributed by atoms with van der Waals surface area (Å²) in [7, 11) is 0. The van der Waals surface area contributed by atoms with Crippen LogP contribution in [-0.4, -0.2) is 17.2 Å². The number of benzene rings is 2. The third kappa shape index (κ3) is 4.40. The van der Waals surface area contributed by atoms with E-state index in [1.54, 1.807) is 30.3 Å². The molecule has 0 bridgehead atoms. The molecular weight excluding hydrogens is 309 g/mol. The average molecular weight is 322 g/mol. The van der Waals surface area contributed by atoms with Crippen molar-refractivity contribution in [1.29, 1.82) is 0 Å². The number of amides is 1. The van der Waals surface area contributed by atoms with E-state index in [2.05, 4.69) is 5.10 Å². The summed E-state index contributed by atoms with van der Waals surface area (Å²) >= 11 is 0. The van der Waals surface area contributed by atoms with Gasteiger partial charge in [-0.25, -0.2) is 5.43 Å². The fraction of sp³-hybridized carbons (Fsp3) is 0.125. The average Bonchev–Trinajstić information content (AvgIpc) is 2.54. The van der Waals surface area contributed by atoms with E-state index in [0.717, 1.165) is 12.3 Å². The highest BCUT2D eigenvalue weighted by Crippen LogP contribution is 2.31. The number of alkyl halides is 3. The molecule has 0 aliphatic rings. The van der Waals surface area contributed by atoms with Gasteiger partial charge >= 0.3 is 6.18 Å². The molecular formula is C16H13F3N2O2. The zero-order valence-corrected chi connectivity index (χ0v) is 11.8. The number of carbonyl (C=O) groups is 1. The van der Waals surface area contributed by atoms with Gasteiger partial charge in [0.2, 0.25) is 0 Å². The summed E-state index contributed by atoms with van der Waals surface area (Å²) in [6.45, 7) is 0. The van der Waals surface area contributed by atoms with Crippen molar-refractivity contribution < 1.29 is 23.1 Å². The van der Waals surface area contributed by atoms with Gasteiger partial charge in [-0.05, 0) is 11.6 Å². The predicted molar refractivity (Wildman–Crippen MR) is 78.6 cm³/mol. The molecule has 4 nitrogen and oxygen atoms in total. The monoisotopic (exact) mass is 322 g/mol. The number of nitrogens with one attached hydrogen (secondary N) is 1. The molecule has 0 fully saturated rings. The van der Waals surface area contributed by atoms with Gasteiger partial charge in [0.15, 0.2) is 6.10 Å². The fourth-order valence-corrected chi connectivity index (χ4v) is 1.88. The van der Waals surface area contributed by atoms with Crippen LogP contribution >= 0.6 is 0 Å². The normalized spacial score (nSPS) is 13.0. The molecule has 2 rings (SSSR count). The van der Waals surface area contributed by atoms with E-state index >= 15 is 0 Å². The van der Waals surface area contributed by atoms with Crippen LogP contribution in [0.25, 0.3) is 0 Å². The summed E-state index contributed by atoms with van der Waals surface area (Å²) < 4.78 is 38.4. The van der Waals surface area contributed by atoms with Crippen molar-refractivity contribution in [2.24, 2.45) is 5.10 Å². The van der Waals surface area contributed by atoms with E-state index in [1.807, 2.05) is 5.43 Å². The Labute approximate surface area is 130 Å². The molecule has 2 N–H and O–H groups in total. The van der Waals surface area contributed by atoms with E-state index in [1.165, 1.54) is 18.2 Å². The van der Waals surface area contributed by atoms with Gasteiger partial charge in [-0.2, -0.15) is 18.3 Å². The highest BCUT2D eigenvalue weighted by Gasteiger charge is 2.32. The lowest BCUT2D eigenvalue weighted by molar-refractivity contribution is -0.137. The van der Waals surface area contributed by atoms with Crippen molar-refractivity contribution in [2.45, 2.75) is 12.3 Å². The maximum Gasteiger partial charge on any atom is 0.417 e. The van der Waals surface area contributed by atoms with E-state index in [4.69, 9.17) is 0 Å². The number of halogens is 3. The van der Waals surface area contributed by atoms with Gasteiger partial charge < -0.3 is 5.11 Å². The maximum absolute atomic E-state index is 12.8. The standard InChI is InChI=1S/C16H13F3N2O2/c17-16(18,19)13-9-5-4-8-12(13)10-20-21-15(23)14(22)11-6-2-1-3-7-11/h1-10,14,22H,(H,21,23)/b20-10+. The first-order valence-electron chi connectivity index (χ1n) is 6.62. The molecule has 0 saturated carbocycles. The van der Waals surface area contributed by atoms with E-state index < -0.39 is 23.8 Å². The topological polar surface area (TPSA) is 61.7 Å². The van der Waals surface area contributed by atoms with Gasteiger partial charge in [-0.1, -0.05) is 48.5 Å². The van der Waals surface area contributed by atoms with Gasteiger partial charge in [0.1, 0.15) is 0 Å². The van der Waals surface area contributed by atoms with Gasteiger partial charge in [-0.3, -0.25) is 4.79 Å². The number of aliphatic hydroxyl groups excluding tert-OH is 1. The van der Waals surface area contributed by atoms with E-state index in [0.29, 0.717) is 5.56 Å². The Hall–Kier alpha value is -2.67. The Kier molecular flexibility index (Phi) is 5.13. The Bertz CT molecular complexity index is 700. The second kappa shape index (κ2) is 7.06. The minimum absolute atomic E-state index is 0.186. The predicted octanol–water partition coefficient (Wildman–Crippen LogP) is 2.89. The molecule has 1 amide bonds. The van der Waals surface area contributed by atoms with Crippen LogP contribution in [0.3, 0.4) is 0 Å². The molecule has 0 aliphatic heterocycles. The van der Waals surface area contributed by atoms with Gasteiger partial charge in [0, 0.05) is 5.56 Å². The lowest BCUT2D eigenvalue weighted by Crippen LogP contribution is -2.25. The minimum atomic E-state index is -4.52. The number of hydrogen-bond acceptors (Lipinski definition) is 3. The first-order chi connectivity index (χ1) is 10.9. The summed E-state index contributed by atoms with van der Waals surface area (Å²) in [5, 5.41) is 13.3. The van der Waals surface area contributed by atoms with Crippen LogP contribution < -0.4 is 5.43 Å². The van der Waals surface area contributed by atoms with Crippen molar-refractivity contribution in [2.75, 3.05) is 0 Å². The number of aliphatic hydroxyl groups is 1. The lowest BCUT2D eigenvalue weighted by atomic mass is 10.1. The molecule has 1 atom stereocenters. The van der Waals surface area contributed by atoms with Crippen molar-refractivity contribution in [3.05, 3.63) is 71.3 Å². The molecule has 0 aliphatic carbocycles. The third-order valence-corrected chi connectivity index (χ3v) is 3.01. The second-order valence-corrected chi connectivity index (χ2v) is 4.63. The van der Waals surface area contributed by atoms with E-state index in [-0.39, 0.29) is 5.56 Å². The first kappa shape index (κ1) is 16.7.